The van der Waals surface area contributed by atoms with E-state index in [1.807, 2.05) is 30.3 Å². The third-order valence-electron chi connectivity index (χ3n) is 3.76. The Labute approximate surface area is 141 Å². The summed E-state index contributed by atoms with van der Waals surface area (Å²) >= 11 is 13.1. The molecule has 0 spiro atoms. The first kappa shape index (κ1) is 15.1. The molecule has 109 valence electrons. The summed E-state index contributed by atoms with van der Waals surface area (Å²) in [6.07, 6.45) is 0. The van der Waals surface area contributed by atoms with Crippen LogP contribution in [0, 0.1) is 19.9 Å². The summed E-state index contributed by atoms with van der Waals surface area (Å²) in [5.41, 5.74) is 6.26. The average molecular weight is 326 g/mol. The van der Waals surface area contributed by atoms with Crippen molar-refractivity contribution in [2.24, 2.45) is 0 Å². The van der Waals surface area contributed by atoms with Crippen LogP contribution in [0.2, 0.25) is 10.0 Å². The molecule has 0 nitrogen and oxygen atoms in total. The van der Waals surface area contributed by atoms with Crippen LogP contribution in [0.25, 0.3) is 22.3 Å². The molecule has 0 saturated carbocycles. The maximum atomic E-state index is 6.70. The highest BCUT2D eigenvalue weighted by atomic mass is 35.5. The number of benzene rings is 3. The number of rotatable bonds is 2. The lowest BCUT2D eigenvalue weighted by molar-refractivity contribution is 1.45. The van der Waals surface area contributed by atoms with Crippen molar-refractivity contribution in [2.45, 2.75) is 13.8 Å². The van der Waals surface area contributed by atoms with Crippen LogP contribution in [-0.2, 0) is 0 Å². The normalized spacial score (nSPS) is 10.7. The van der Waals surface area contributed by atoms with E-state index in [4.69, 9.17) is 23.2 Å². The first-order chi connectivity index (χ1) is 10.6. The van der Waals surface area contributed by atoms with Gasteiger partial charge in [0.05, 0.1) is 10.0 Å². The minimum absolute atomic E-state index is 0.552. The fourth-order valence-electron chi connectivity index (χ4n) is 2.61. The van der Waals surface area contributed by atoms with Crippen LogP contribution in [-0.4, -0.2) is 0 Å². The lowest BCUT2D eigenvalue weighted by Crippen LogP contribution is -1.89. The highest BCUT2D eigenvalue weighted by Gasteiger charge is 2.15. The molecule has 0 aromatic heterocycles. The molecule has 0 aliphatic carbocycles. The molecule has 3 aromatic rings. The molecule has 3 aromatic carbocycles. The van der Waals surface area contributed by atoms with Crippen molar-refractivity contribution in [3.8, 4) is 22.3 Å². The summed E-state index contributed by atoms with van der Waals surface area (Å²) in [6.45, 7) is 4.13. The standard InChI is InChI=1S/C20H15Cl2/c1-13-6-5-8-15(12-13)17-10-11-18(21)19(20(17)22)16-9-4-3-7-14(16)2/h3-10,12H,1-2H3. The highest BCUT2D eigenvalue weighted by molar-refractivity contribution is 6.41. The third kappa shape index (κ3) is 2.77. The number of aryl methyl sites for hydroxylation is 2. The summed E-state index contributed by atoms with van der Waals surface area (Å²) in [5, 5.41) is 1.22. The highest BCUT2D eigenvalue weighted by Crippen LogP contribution is 2.41. The molecule has 2 heteroatoms. The second-order valence-electron chi connectivity index (χ2n) is 5.39. The quantitative estimate of drug-likeness (QED) is 0.489. The van der Waals surface area contributed by atoms with Gasteiger partial charge >= 0.3 is 0 Å². The minimum Gasteiger partial charge on any atom is -0.0829 e. The van der Waals surface area contributed by atoms with Crippen LogP contribution in [0.1, 0.15) is 11.1 Å². The molecule has 0 aliphatic heterocycles. The van der Waals surface area contributed by atoms with Crippen molar-refractivity contribution in [1.29, 1.82) is 0 Å². The van der Waals surface area contributed by atoms with E-state index in [9.17, 15) is 0 Å². The molecule has 0 fully saturated rings. The van der Waals surface area contributed by atoms with E-state index in [0.29, 0.717) is 10.0 Å². The first-order valence-corrected chi connectivity index (χ1v) is 7.86. The molecule has 3 rings (SSSR count). The summed E-state index contributed by atoms with van der Waals surface area (Å²) in [5.74, 6) is 0. The van der Waals surface area contributed by atoms with Crippen molar-refractivity contribution in [2.75, 3.05) is 0 Å². The molecular formula is C20H15Cl2. The molecule has 0 bridgehead atoms. The molecule has 22 heavy (non-hydrogen) atoms. The second kappa shape index (κ2) is 6.16. The molecule has 0 atom stereocenters. The van der Waals surface area contributed by atoms with Crippen LogP contribution in [0.3, 0.4) is 0 Å². The molecule has 0 saturated heterocycles. The molecule has 0 N–H and O–H groups in total. The maximum absolute atomic E-state index is 6.70. The van der Waals surface area contributed by atoms with E-state index >= 15 is 0 Å². The predicted octanol–water partition coefficient (Wildman–Crippen LogP) is 6.74. The van der Waals surface area contributed by atoms with E-state index in [1.165, 1.54) is 5.56 Å². The number of hydrogen-bond donors (Lipinski definition) is 0. The van der Waals surface area contributed by atoms with Gasteiger partial charge in [0, 0.05) is 17.2 Å². The Bertz CT molecular complexity index is 835. The molecule has 1 radical (unpaired) electrons. The predicted molar refractivity (Wildman–Crippen MR) is 95.6 cm³/mol. The lowest BCUT2D eigenvalue weighted by Gasteiger charge is -2.14. The van der Waals surface area contributed by atoms with Gasteiger partial charge in [-0.2, -0.15) is 0 Å². The first-order valence-electron chi connectivity index (χ1n) is 7.10. The van der Waals surface area contributed by atoms with Gasteiger partial charge < -0.3 is 0 Å². The Hall–Kier alpha value is -1.76. The lowest BCUT2D eigenvalue weighted by atomic mass is 9.95. The van der Waals surface area contributed by atoms with Gasteiger partial charge in [0.25, 0.3) is 0 Å². The van der Waals surface area contributed by atoms with Crippen LogP contribution < -0.4 is 0 Å². The van der Waals surface area contributed by atoms with Gasteiger partial charge in [0.2, 0.25) is 0 Å². The molecular weight excluding hydrogens is 311 g/mol. The number of halogens is 2. The fraction of sp³-hybridized carbons (Fsp3) is 0.100. The zero-order valence-electron chi connectivity index (χ0n) is 12.5. The van der Waals surface area contributed by atoms with E-state index in [2.05, 4.69) is 44.2 Å². The van der Waals surface area contributed by atoms with Gasteiger partial charge in [-0.1, -0.05) is 77.3 Å². The zero-order valence-corrected chi connectivity index (χ0v) is 14.0. The number of hydrogen-bond acceptors (Lipinski definition) is 0. The van der Waals surface area contributed by atoms with Crippen LogP contribution in [0.4, 0.5) is 0 Å². The SMILES string of the molecule is Cc1cccc(-c2c[c]c(Cl)c(-c3ccccc3C)c2Cl)c1. The van der Waals surface area contributed by atoms with Crippen LogP contribution in [0.15, 0.2) is 54.6 Å². The Balaban J connectivity index is 2.25. The van der Waals surface area contributed by atoms with Crippen LogP contribution in [0.5, 0.6) is 0 Å². The Morgan fingerprint density at radius 2 is 1.64 bits per heavy atom. The van der Waals surface area contributed by atoms with Crippen molar-refractivity contribution in [3.63, 3.8) is 0 Å². The topological polar surface area (TPSA) is 0 Å². The summed E-state index contributed by atoms with van der Waals surface area (Å²) in [7, 11) is 0. The molecule has 0 amide bonds. The van der Waals surface area contributed by atoms with Gasteiger partial charge in [0.15, 0.2) is 0 Å². The fourth-order valence-corrected chi connectivity index (χ4v) is 3.27. The van der Waals surface area contributed by atoms with Crippen LogP contribution >= 0.6 is 23.2 Å². The third-order valence-corrected chi connectivity index (χ3v) is 4.45. The average Bonchev–Trinajstić information content (AvgIpc) is 2.49. The van der Waals surface area contributed by atoms with E-state index in [0.717, 1.165) is 27.8 Å². The monoisotopic (exact) mass is 325 g/mol. The molecule has 0 heterocycles. The van der Waals surface area contributed by atoms with Gasteiger partial charge in [-0.15, -0.1) is 0 Å². The van der Waals surface area contributed by atoms with Crippen molar-refractivity contribution >= 4 is 23.2 Å². The van der Waals surface area contributed by atoms with Crippen molar-refractivity contribution in [1.82, 2.24) is 0 Å². The van der Waals surface area contributed by atoms with E-state index in [-0.39, 0.29) is 0 Å². The van der Waals surface area contributed by atoms with Crippen molar-refractivity contribution < 1.29 is 0 Å². The Morgan fingerprint density at radius 3 is 2.36 bits per heavy atom. The summed E-state index contributed by atoms with van der Waals surface area (Å²) in [6, 6.07) is 21.4. The largest absolute Gasteiger partial charge is 0.0829 e. The maximum Gasteiger partial charge on any atom is 0.0578 e. The van der Waals surface area contributed by atoms with Gasteiger partial charge in [-0.3, -0.25) is 0 Å². The van der Waals surface area contributed by atoms with E-state index in [1.54, 1.807) is 0 Å². The van der Waals surface area contributed by atoms with E-state index < -0.39 is 0 Å². The van der Waals surface area contributed by atoms with Gasteiger partial charge in [-0.05, 0) is 36.6 Å². The Kier molecular flexibility index (Phi) is 4.24. The molecule has 0 unspecified atom stereocenters. The van der Waals surface area contributed by atoms with Gasteiger partial charge in [-0.25, -0.2) is 0 Å². The Morgan fingerprint density at radius 1 is 0.864 bits per heavy atom. The van der Waals surface area contributed by atoms with Gasteiger partial charge in [0.1, 0.15) is 0 Å². The summed E-state index contributed by atoms with van der Waals surface area (Å²) in [4.78, 5) is 0. The molecule has 0 aliphatic rings. The smallest absolute Gasteiger partial charge is 0.0578 e. The minimum atomic E-state index is 0.552. The van der Waals surface area contributed by atoms with Crippen molar-refractivity contribution in [3.05, 3.63) is 81.8 Å². The second-order valence-corrected chi connectivity index (χ2v) is 6.15. The zero-order chi connectivity index (χ0) is 15.7. The summed E-state index contributed by atoms with van der Waals surface area (Å²) < 4.78 is 0.